The first kappa shape index (κ1) is 24.0. The number of rotatable bonds is 5. The van der Waals surface area contributed by atoms with E-state index < -0.39 is 12.1 Å². The van der Waals surface area contributed by atoms with E-state index in [1.807, 2.05) is 10.7 Å². The van der Waals surface area contributed by atoms with Crippen molar-refractivity contribution in [3.05, 3.63) is 24.0 Å². The summed E-state index contributed by atoms with van der Waals surface area (Å²) < 4.78 is 50.5. The zero-order chi connectivity index (χ0) is 25.4. The van der Waals surface area contributed by atoms with Gasteiger partial charge in [0, 0.05) is 61.6 Å². The maximum absolute atomic E-state index is 12.8. The van der Waals surface area contributed by atoms with Crippen molar-refractivity contribution in [2.24, 2.45) is 11.8 Å². The minimum atomic E-state index is -4.84. The van der Waals surface area contributed by atoms with Crippen LogP contribution in [0.4, 0.5) is 19.0 Å². The van der Waals surface area contributed by atoms with Crippen molar-refractivity contribution < 1.29 is 22.6 Å². The number of hydrogen-bond donors (Lipinski definition) is 1. The monoisotopic (exact) mass is 506 g/mol. The van der Waals surface area contributed by atoms with Gasteiger partial charge in [-0.05, 0) is 57.7 Å². The van der Waals surface area contributed by atoms with Crippen LogP contribution >= 0.6 is 0 Å². The highest BCUT2D eigenvalue weighted by atomic mass is 19.4. The molecule has 0 bridgehead atoms. The largest absolute Gasteiger partial charge is 0.573 e. The van der Waals surface area contributed by atoms with E-state index in [4.69, 9.17) is 15.6 Å². The number of nitrogen functional groups attached to an aromatic ring is 1. The molecule has 2 aromatic rings. The molecule has 11 heteroatoms. The number of pyridine rings is 1. The summed E-state index contributed by atoms with van der Waals surface area (Å²) in [5.74, 6) is 0.868. The Kier molecular flexibility index (Phi) is 5.55. The Bertz CT molecular complexity index is 1130. The van der Waals surface area contributed by atoms with Gasteiger partial charge in [0.05, 0.1) is 12.3 Å². The van der Waals surface area contributed by atoms with Crippen molar-refractivity contribution >= 4 is 5.82 Å². The molecule has 2 aliphatic carbocycles. The number of nitrogens with zero attached hydrogens (tertiary/aromatic N) is 5. The topological polar surface area (TPSA) is 81.7 Å². The second-order valence-corrected chi connectivity index (χ2v) is 11.3. The molecule has 2 saturated carbocycles. The molecule has 2 unspecified atom stereocenters. The molecule has 8 nitrogen and oxygen atoms in total. The van der Waals surface area contributed by atoms with Gasteiger partial charge in [0.2, 0.25) is 0 Å². The molecular weight excluding hydrogens is 473 g/mol. The zero-order valence-corrected chi connectivity index (χ0v) is 20.8. The molecule has 4 fully saturated rings. The van der Waals surface area contributed by atoms with Crippen LogP contribution in [0.3, 0.4) is 0 Å². The van der Waals surface area contributed by atoms with Gasteiger partial charge in [-0.15, -0.1) is 13.2 Å². The number of alkyl halides is 3. The third-order valence-corrected chi connectivity index (χ3v) is 8.36. The van der Waals surface area contributed by atoms with Gasteiger partial charge in [-0.2, -0.15) is 5.10 Å². The van der Waals surface area contributed by atoms with Crippen LogP contribution < -0.4 is 10.5 Å². The first-order valence-corrected chi connectivity index (χ1v) is 12.7. The molecule has 2 saturated heterocycles. The van der Waals surface area contributed by atoms with E-state index >= 15 is 0 Å². The summed E-state index contributed by atoms with van der Waals surface area (Å²) in [6.07, 6.45) is -1.04. The fraction of sp³-hybridized carbons (Fsp3) is 0.680. The van der Waals surface area contributed by atoms with E-state index in [0.717, 1.165) is 38.5 Å². The number of fused-ring (bicyclic) bond motifs is 1. The van der Waals surface area contributed by atoms with Crippen molar-refractivity contribution in [2.75, 3.05) is 45.6 Å². The Morgan fingerprint density at radius 3 is 2.53 bits per heavy atom. The number of nitrogens with two attached hydrogens (primary N) is 1. The lowest BCUT2D eigenvalue weighted by Gasteiger charge is -2.55. The predicted octanol–water partition coefficient (Wildman–Crippen LogP) is 3.52. The van der Waals surface area contributed by atoms with Crippen molar-refractivity contribution in [1.29, 1.82) is 0 Å². The lowest BCUT2D eigenvalue weighted by Crippen LogP contribution is -2.71. The molecular formula is C25H33F3N6O2. The molecule has 2 aromatic heterocycles. The molecule has 0 aromatic carbocycles. The molecule has 4 heterocycles. The van der Waals surface area contributed by atoms with Crippen LogP contribution in [-0.4, -0.2) is 82.4 Å². The molecule has 0 amide bonds. The van der Waals surface area contributed by atoms with Crippen LogP contribution in [0, 0.1) is 11.8 Å². The highest BCUT2D eigenvalue weighted by molar-refractivity contribution is 5.64. The average molecular weight is 507 g/mol. The number of morpholine rings is 1. The number of hydrogen-bond acceptors (Lipinski definition) is 7. The van der Waals surface area contributed by atoms with Crippen molar-refractivity contribution in [2.45, 2.75) is 56.7 Å². The predicted molar refractivity (Wildman–Crippen MR) is 127 cm³/mol. The Balaban J connectivity index is 1.15. The number of likely N-dealkylation sites (N-methyl/N-ethyl adjacent to an activating group) is 1. The Morgan fingerprint density at radius 2 is 1.89 bits per heavy atom. The van der Waals surface area contributed by atoms with E-state index in [-0.39, 0.29) is 17.5 Å². The minimum Gasteiger partial charge on any atom is -0.402 e. The van der Waals surface area contributed by atoms with Crippen LogP contribution in [0.25, 0.3) is 11.3 Å². The van der Waals surface area contributed by atoms with Gasteiger partial charge in [0.25, 0.3) is 0 Å². The van der Waals surface area contributed by atoms with Gasteiger partial charge in [-0.25, -0.2) is 4.98 Å². The summed E-state index contributed by atoms with van der Waals surface area (Å²) in [6.45, 7) is 9.02. The van der Waals surface area contributed by atoms with E-state index in [1.165, 1.54) is 25.1 Å². The third-order valence-electron chi connectivity index (χ3n) is 8.36. The van der Waals surface area contributed by atoms with Gasteiger partial charge in [-0.1, -0.05) is 0 Å². The number of likely N-dealkylation sites (tertiary alicyclic amines) is 1. The quantitative estimate of drug-likeness (QED) is 0.665. The highest BCUT2D eigenvalue weighted by Crippen LogP contribution is 2.64. The fourth-order valence-corrected chi connectivity index (χ4v) is 6.74. The number of aromatic nitrogens is 3. The number of ether oxygens (including phenoxy) is 2. The molecule has 196 valence electrons. The lowest BCUT2D eigenvalue weighted by molar-refractivity contribution is -0.274. The van der Waals surface area contributed by atoms with Crippen molar-refractivity contribution in [1.82, 2.24) is 24.6 Å². The van der Waals surface area contributed by atoms with Gasteiger partial charge in [0.15, 0.2) is 11.6 Å². The van der Waals surface area contributed by atoms with Crippen LogP contribution in [0.5, 0.6) is 5.75 Å². The van der Waals surface area contributed by atoms with Crippen LogP contribution in [0.15, 0.2) is 18.3 Å². The Morgan fingerprint density at radius 1 is 1.17 bits per heavy atom. The fourth-order valence-electron chi connectivity index (χ4n) is 6.74. The van der Waals surface area contributed by atoms with Crippen molar-refractivity contribution in [3.8, 4) is 17.0 Å². The van der Waals surface area contributed by atoms with E-state index in [9.17, 15) is 13.2 Å². The summed E-state index contributed by atoms with van der Waals surface area (Å²) in [7, 11) is 2.17. The first-order chi connectivity index (χ1) is 17.0. The number of anilines is 1. The van der Waals surface area contributed by atoms with Crippen LogP contribution in [0.1, 0.15) is 44.3 Å². The molecule has 6 rings (SSSR count). The van der Waals surface area contributed by atoms with E-state index in [0.29, 0.717) is 35.1 Å². The van der Waals surface area contributed by atoms with Crippen molar-refractivity contribution in [3.63, 3.8) is 0 Å². The summed E-state index contributed by atoms with van der Waals surface area (Å²) >= 11 is 0. The molecule has 1 spiro atoms. The SMILES string of the molecule is CC(C)n1nc(-c2cnc(N)c(OC(F)(F)F)c2)cc1C1C2CC(N3CC4(CN(C)CCO4)C3)CC21. The molecule has 2 atom stereocenters. The normalized spacial score (nSPS) is 30.0. The second-order valence-electron chi connectivity index (χ2n) is 11.3. The summed E-state index contributed by atoms with van der Waals surface area (Å²) in [5, 5.41) is 4.75. The Labute approximate surface area is 208 Å². The summed E-state index contributed by atoms with van der Waals surface area (Å²) in [6, 6.07) is 4.01. The van der Waals surface area contributed by atoms with E-state index in [1.54, 1.807) is 0 Å². The summed E-state index contributed by atoms with van der Waals surface area (Å²) in [4.78, 5) is 8.87. The van der Waals surface area contributed by atoms with Crippen LogP contribution in [0.2, 0.25) is 0 Å². The molecule has 0 radical (unpaired) electrons. The van der Waals surface area contributed by atoms with Gasteiger partial charge in [-0.3, -0.25) is 9.58 Å². The minimum absolute atomic E-state index is 0.0200. The van der Waals surface area contributed by atoms with Gasteiger partial charge < -0.3 is 20.1 Å². The molecule has 36 heavy (non-hydrogen) atoms. The standard InChI is InChI=1S/C25H33F3N6O2/c1-14(2)34-20(9-19(31-34)15-6-21(23(29)30-10-15)36-25(26,27)28)22-17-7-16(8-18(17)22)33-12-24(13-33)11-32(3)4-5-35-24/h6,9-10,14,16-18,22H,4-5,7-8,11-13H2,1-3H3,(H2,29,30). The third kappa shape index (κ3) is 4.24. The van der Waals surface area contributed by atoms with Gasteiger partial charge in [0.1, 0.15) is 5.60 Å². The Hall–Kier alpha value is -2.37. The lowest BCUT2D eigenvalue weighted by atomic mass is 9.88. The second kappa shape index (κ2) is 8.32. The highest BCUT2D eigenvalue weighted by Gasteiger charge is 2.61. The molecule has 4 aliphatic rings. The van der Waals surface area contributed by atoms with Gasteiger partial charge >= 0.3 is 6.36 Å². The summed E-state index contributed by atoms with van der Waals surface area (Å²) in [5.41, 5.74) is 7.82. The van der Waals surface area contributed by atoms with Crippen LogP contribution in [-0.2, 0) is 4.74 Å². The first-order valence-electron chi connectivity index (χ1n) is 12.7. The zero-order valence-electron chi connectivity index (χ0n) is 20.8. The average Bonchev–Trinajstić information content (AvgIpc) is 3.12. The molecule has 2 N–H and O–H groups in total. The maximum Gasteiger partial charge on any atom is 0.573 e. The maximum atomic E-state index is 12.8. The van der Waals surface area contributed by atoms with E-state index in [2.05, 4.69) is 40.4 Å². The smallest absolute Gasteiger partial charge is 0.402 e. The molecule has 2 aliphatic heterocycles. The number of halogens is 3.